The van der Waals surface area contributed by atoms with Crippen LogP contribution in [0, 0.1) is 0 Å². The molecule has 0 saturated carbocycles. The summed E-state index contributed by atoms with van der Waals surface area (Å²) in [5, 5.41) is 1.79. The molecule has 0 bridgehead atoms. The van der Waals surface area contributed by atoms with Crippen molar-refractivity contribution in [1.82, 2.24) is 0 Å². The summed E-state index contributed by atoms with van der Waals surface area (Å²) in [4.78, 5) is 0. The molecule has 27 heavy (non-hydrogen) atoms. The Morgan fingerprint density at radius 2 is 1.56 bits per heavy atom. The molecule has 3 nitrogen and oxygen atoms in total. The van der Waals surface area contributed by atoms with E-state index >= 15 is 0 Å². The van der Waals surface area contributed by atoms with Gasteiger partial charge in [-0.25, -0.2) is 0 Å². The highest BCUT2D eigenvalue weighted by Crippen LogP contribution is 2.40. The maximum atomic E-state index is 6.64. The molecule has 1 aliphatic carbocycles. The van der Waals surface area contributed by atoms with Gasteiger partial charge in [-0.15, -0.1) is 0 Å². The minimum Gasteiger partial charge on any atom is -0.493 e. The van der Waals surface area contributed by atoms with Crippen molar-refractivity contribution in [2.24, 2.45) is 7.05 Å². The molecule has 0 spiro atoms. The summed E-state index contributed by atoms with van der Waals surface area (Å²) in [6.07, 6.45) is 0.889. The molecule has 2 aromatic carbocycles. The first-order valence-corrected chi connectivity index (χ1v) is 9.20. The van der Waals surface area contributed by atoms with Crippen molar-refractivity contribution in [3.63, 3.8) is 0 Å². The number of halogens is 1. The van der Waals surface area contributed by atoms with Crippen LogP contribution in [0.2, 0.25) is 5.02 Å². The number of aryl methyl sites for hydroxylation is 1. The molecule has 1 aliphatic heterocycles. The minimum atomic E-state index is 0.618. The quantitative estimate of drug-likeness (QED) is 0.465. The van der Waals surface area contributed by atoms with Gasteiger partial charge in [0.2, 0.25) is 11.2 Å². The maximum absolute atomic E-state index is 6.64. The van der Waals surface area contributed by atoms with Crippen LogP contribution in [0.1, 0.15) is 11.1 Å². The number of rotatable bonds is 4. The Bertz CT molecular complexity index is 1090. The molecule has 0 unspecified atom stereocenters. The molecule has 4 rings (SSSR count). The van der Waals surface area contributed by atoms with Crippen molar-refractivity contribution < 1.29 is 14.0 Å². The topological polar surface area (TPSA) is 22.3 Å². The van der Waals surface area contributed by atoms with E-state index in [4.69, 9.17) is 21.1 Å². The van der Waals surface area contributed by atoms with Gasteiger partial charge < -0.3 is 9.47 Å². The third kappa shape index (κ3) is 3.08. The van der Waals surface area contributed by atoms with Gasteiger partial charge in [-0.1, -0.05) is 48.0 Å². The first-order chi connectivity index (χ1) is 13.1. The zero-order valence-corrected chi connectivity index (χ0v) is 16.4. The second-order valence-electron chi connectivity index (χ2n) is 6.61. The normalized spacial score (nSPS) is 11.1. The molecule has 0 N–H and O–H groups in total. The molecule has 4 heteroatoms. The van der Waals surface area contributed by atoms with Crippen molar-refractivity contribution in [2.45, 2.75) is 6.42 Å². The van der Waals surface area contributed by atoms with Gasteiger partial charge in [0, 0.05) is 12.1 Å². The van der Waals surface area contributed by atoms with E-state index in [2.05, 4.69) is 47.0 Å². The molecule has 2 aliphatic rings. The summed E-state index contributed by atoms with van der Waals surface area (Å²) >= 11 is 6.64. The predicted molar refractivity (Wildman–Crippen MR) is 109 cm³/mol. The van der Waals surface area contributed by atoms with E-state index in [0.717, 1.165) is 28.6 Å². The number of hydrogen-bond donors (Lipinski definition) is 0. The summed E-state index contributed by atoms with van der Waals surface area (Å²) in [5.74, 6) is 1.28. The Kier molecular flexibility index (Phi) is 4.63. The Morgan fingerprint density at radius 3 is 2.26 bits per heavy atom. The summed E-state index contributed by atoms with van der Waals surface area (Å²) in [7, 11) is 5.30. The SMILES string of the molecule is COc1cc(Cl)c2[n+](C)c3ccc(Cc4ccccc4)cc3c-2cc1OC. The van der Waals surface area contributed by atoms with Crippen LogP contribution in [0.25, 0.3) is 22.2 Å². The van der Waals surface area contributed by atoms with Crippen molar-refractivity contribution in [2.75, 3.05) is 14.2 Å². The fourth-order valence-corrected chi connectivity index (χ4v) is 4.00. The van der Waals surface area contributed by atoms with Gasteiger partial charge >= 0.3 is 0 Å². The lowest BCUT2D eigenvalue weighted by molar-refractivity contribution is -0.631. The first kappa shape index (κ1) is 17.6. The summed E-state index contributed by atoms with van der Waals surface area (Å²) in [6.45, 7) is 0. The lowest BCUT2D eigenvalue weighted by atomic mass is 10.0. The van der Waals surface area contributed by atoms with Crippen LogP contribution in [-0.4, -0.2) is 14.2 Å². The van der Waals surface area contributed by atoms with Crippen LogP contribution >= 0.6 is 11.6 Å². The highest BCUT2D eigenvalue weighted by atomic mass is 35.5. The van der Waals surface area contributed by atoms with Crippen molar-refractivity contribution >= 4 is 22.5 Å². The van der Waals surface area contributed by atoms with Gasteiger partial charge in [0.1, 0.15) is 12.1 Å². The van der Waals surface area contributed by atoms with Crippen LogP contribution < -0.4 is 14.0 Å². The lowest BCUT2D eigenvalue weighted by Gasteiger charge is -2.03. The first-order valence-electron chi connectivity index (χ1n) is 8.82. The number of nitrogens with zero attached hydrogens (tertiary/aromatic N) is 1. The van der Waals surface area contributed by atoms with E-state index in [-0.39, 0.29) is 0 Å². The van der Waals surface area contributed by atoms with Gasteiger partial charge in [0.25, 0.3) is 0 Å². The molecule has 0 fully saturated rings. The predicted octanol–water partition coefficient (Wildman–Crippen LogP) is 5.03. The Balaban J connectivity index is 1.94. The highest BCUT2D eigenvalue weighted by Gasteiger charge is 2.27. The number of hydrogen-bond acceptors (Lipinski definition) is 2. The molecule has 0 aromatic heterocycles. The van der Waals surface area contributed by atoms with E-state index in [0.29, 0.717) is 16.5 Å². The van der Waals surface area contributed by atoms with Crippen LogP contribution in [0.5, 0.6) is 11.5 Å². The van der Waals surface area contributed by atoms with Crippen LogP contribution in [0.3, 0.4) is 0 Å². The molecule has 0 saturated heterocycles. The molecule has 1 heterocycles. The smallest absolute Gasteiger partial charge is 0.232 e. The van der Waals surface area contributed by atoms with Gasteiger partial charge in [0.05, 0.1) is 25.2 Å². The zero-order chi connectivity index (χ0) is 19.0. The third-order valence-corrected chi connectivity index (χ3v) is 5.28. The van der Waals surface area contributed by atoms with E-state index in [9.17, 15) is 0 Å². The summed E-state index contributed by atoms with van der Waals surface area (Å²) in [5.41, 5.74) is 5.70. The Morgan fingerprint density at radius 1 is 0.852 bits per heavy atom. The second kappa shape index (κ2) is 7.09. The monoisotopic (exact) mass is 378 g/mol. The number of ether oxygens (including phenoxy) is 2. The van der Waals surface area contributed by atoms with Crippen LogP contribution in [0.15, 0.2) is 60.7 Å². The van der Waals surface area contributed by atoms with E-state index < -0.39 is 0 Å². The summed E-state index contributed by atoms with van der Waals surface area (Å²) < 4.78 is 13.1. The van der Waals surface area contributed by atoms with E-state index in [1.54, 1.807) is 14.2 Å². The third-order valence-electron chi connectivity index (χ3n) is 5.00. The largest absolute Gasteiger partial charge is 0.493 e. The summed E-state index contributed by atoms with van der Waals surface area (Å²) in [6, 6.07) is 20.9. The molecule has 0 atom stereocenters. The van der Waals surface area contributed by atoms with Crippen molar-refractivity contribution in [3.05, 3.63) is 76.8 Å². The van der Waals surface area contributed by atoms with Gasteiger partial charge in [-0.3, -0.25) is 0 Å². The van der Waals surface area contributed by atoms with Crippen LogP contribution in [-0.2, 0) is 13.5 Å². The molecule has 0 amide bonds. The van der Waals surface area contributed by atoms with Crippen LogP contribution in [0.4, 0.5) is 0 Å². The van der Waals surface area contributed by atoms with Crippen molar-refractivity contribution in [1.29, 1.82) is 0 Å². The average molecular weight is 379 g/mol. The second-order valence-corrected chi connectivity index (χ2v) is 7.02. The minimum absolute atomic E-state index is 0.618. The molecular formula is C23H21ClNO2+. The lowest BCUT2D eigenvalue weighted by Crippen LogP contribution is -2.28. The maximum Gasteiger partial charge on any atom is 0.232 e. The number of methoxy groups -OCH3 is 2. The number of fused-ring (bicyclic) bond motifs is 3. The highest BCUT2D eigenvalue weighted by molar-refractivity contribution is 6.33. The molecule has 136 valence electrons. The molecule has 2 aromatic rings. The fraction of sp³-hybridized carbons (Fsp3) is 0.174. The van der Waals surface area contributed by atoms with Crippen molar-refractivity contribution in [3.8, 4) is 22.8 Å². The number of benzene rings is 2. The van der Waals surface area contributed by atoms with Gasteiger partial charge in [-0.2, -0.15) is 4.57 Å². The van der Waals surface area contributed by atoms with E-state index in [1.807, 2.05) is 25.2 Å². The fourth-order valence-electron chi connectivity index (χ4n) is 3.67. The average Bonchev–Trinajstić information content (AvgIpc) is 2.86. The molecule has 0 radical (unpaired) electrons. The number of aromatic nitrogens is 1. The zero-order valence-electron chi connectivity index (χ0n) is 15.6. The van der Waals surface area contributed by atoms with Gasteiger partial charge in [0.15, 0.2) is 11.5 Å². The van der Waals surface area contributed by atoms with Gasteiger partial charge in [-0.05, 0) is 29.7 Å². The van der Waals surface area contributed by atoms with E-state index in [1.165, 1.54) is 11.1 Å². The Labute approximate surface area is 164 Å². The Hall–Kier alpha value is -2.78. The standard InChI is InChI=1S/C23H21ClNO2/c1-25-20-10-9-16(11-15-7-5-4-6-8-15)12-17(20)18-13-21(26-2)22(27-3)14-19(24)23(18)25/h4-10,12-14H,11H2,1-3H3/q+1. The molecular weight excluding hydrogens is 358 g/mol.